The molecule has 7 nitrogen and oxygen atoms in total. The normalized spacial score (nSPS) is 14.7. The molecule has 0 aliphatic carbocycles. The molecule has 0 atom stereocenters. The molecule has 25 heavy (non-hydrogen) atoms. The molecule has 1 aromatic carbocycles. The Morgan fingerprint density at radius 2 is 2.04 bits per heavy atom. The van der Waals surface area contributed by atoms with Crippen LogP contribution in [-0.4, -0.2) is 40.9 Å². The molecule has 2 heterocycles. The van der Waals surface area contributed by atoms with E-state index in [1.807, 2.05) is 0 Å². The summed E-state index contributed by atoms with van der Waals surface area (Å²) in [4.78, 5) is 18.9. The Hall–Kier alpha value is -2.98. The third-order valence-electron chi connectivity index (χ3n) is 4.07. The van der Waals surface area contributed by atoms with Crippen LogP contribution in [0.5, 0.6) is 5.75 Å². The molecule has 0 radical (unpaired) electrons. The molecule has 0 bridgehead atoms. The summed E-state index contributed by atoms with van der Waals surface area (Å²) >= 11 is 0. The van der Waals surface area contributed by atoms with E-state index in [9.17, 15) is 10.1 Å². The third-order valence-corrected chi connectivity index (χ3v) is 4.07. The van der Waals surface area contributed by atoms with Crippen LogP contribution in [0.1, 0.15) is 28.8 Å². The van der Waals surface area contributed by atoms with Gasteiger partial charge in [0.1, 0.15) is 11.8 Å². The molecule has 7 heteroatoms. The fourth-order valence-electron chi connectivity index (χ4n) is 2.59. The number of carboxylic acids is 1. The quantitative estimate of drug-likeness (QED) is 0.892. The van der Waals surface area contributed by atoms with E-state index >= 15 is 0 Å². The van der Waals surface area contributed by atoms with Crippen molar-refractivity contribution >= 4 is 5.97 Å². The summed E-state index contributed by atoms with van der Waals surface area (Å²) in [7, 11) is 0. The Balaban J connectivity index is 1.74. The van der Waals surface area contributed by atoms with Crippen molar-refractivity contribution in [2.24, 2.45) is 5.92 Å². The maximum atomic E-state index is 10.8. The number of nitrogens with zero attached hydrogens (tertiary/aromatic N) is 3. The highest BCUT2D eigenvalue weighted by Gasteiger charge is 2.16. The zero-order chi connectivity index (χ0) is 17.6. The first-order chi connectivity index (χ1) is 12.2. The molecule has 2 aromatic rings. The van der Waals surface area contributed by atoms with Crippen LogP contribution in [0.25, 0.3) is 11.4 Å². The first-order valence-corrected chi connectivity index (χ1v) is 7.98. The zero-order valence-corrected chi connectivity index (χ0v) is 13.5. The van der Waals surface area contributed by atoms with E-state index in [1.165, 1.54) is 12.4 Å². The Morgan fingerprint density at radius 1 is 1.32 bits per heavy atom. The van der Waals surface area contributed by atoms with Gasteiger partial charge >= 0.3 is 5.97 Å². The van der Waals surface area contributed by atoms with Crippen molar-refractivity contribution in [2.75, 3.05) is 19.8 Å². The maximum absolute atomic E-state index is 10.8. The lowest BCUT2D eigenvalue weighted by atomic mass is 10.0. The van der Waals surface area contributed by atoms with Gasteiger partial charge < -0.3 is 14.6 Å². The number of aromatic nitrogens is 2. The molecule has 1 aliphatic rings. The van der Waals surface area contributed by atoms with Crippen LogP contribution in [0.4, 0.5) is 0 Å². The standard InChI is InChI=1S/C18H17N3O4/c19-8-14-7-13(17-20-9-15(10-21-17)18(22)23)1-2-16(14)25-11-12-3-5-24-6-4-12/h1-2,7,9-10,12H,3-6,11H2,(H,22,23). The Labute approximate surface area is 144 Å². The van der Waals surface area contributed by atoms with E-state index < -0.39 is 5.97 Å². The second-order valence-corrected chi connectivity index (χ2v) is 5.79. The largest absolute Gasteiger partial charge is 0.492 e. The summed E-state index contributed by atoms with van der Waals surface area (Å²) in [5, 5.41) is 18.3. The predicted octanol–water partition coefficient (Wildman–Crippen LogP) is 2.52. The van der Waals surface area contributed by atoms with Crippen molar-refractivity contribution in [3.05, 3.63) is 41.7 Å². The SMILES string of the molecule is N#Cc1cc(-c2ncc(C(=O)O)cn2)ccc1OCC1CCOCC1. The highest BCUT2D eigenvalue weighted by atomic mass is 16.5. The first-order valence-electron chi connectivity index (χ1n) is 7.98. The summed E-state index contributed by atoms with van der Waals surface area (Å²) in [6.45, 7) is 2.06. The first kappa shape index (κ1) is 16.9. The number of ether oxygens (including phenoxy) is 2. The minimum atomic E-state index is -1.08. The molecule has 1 fully saturated rings. The molecular formula is C18H17N3O4. The van der Waals surface area contributed by atoms with Gasteiger partial charge in [-0.2, -0.15) is 5.26 Å². The Kier molecular flexibility index (Phi) is 5.21. The fraction of sp³-hybridized carbons (Fsp3) is 0.333. The molecule has 1 aliphatic heterocycles. The Bertz CT molecular complexity index is 793. The van der Waals surface area contributed by atoms with Gasteiger partial charge in [-0.1, -0.05) is 0 Å². The van der Waals surface area contributed by atoms with Crippen LogP contribution in [0.2, 0.25) is 0 Å². The topological polar surface area (TPSA) is 105 Å². The van der Waals surface area contributed by atoms with Gasteiger partial charge in [-0.15, -0.1) is 0 Å². The van der Waals surface area contributed by atoms with Gasteiger partial charge in [0.25, 0.3) is 0 Å². The lowest BCUT2D eigenvalue weighted by Gasteiger charge is -2.22. The molecule has 128 valence electrons. The van der Waals surface area contributed by atoms with E-state index in [0.29, 0.717) is 35.2 Å². The van der Waals surface area contributed by atoms with E-state index in [-0.39, 0.29) is 5.56 Å². The number of rotatable bonds is 5. The molecule has 0 amide bonds. The smallest absolute Gasteiger partial charge is 0.338 e. The Morgan fingerprint density at radius 3 is 2.68 bits per heavy atom. The van der Waals surface area contributed by atoms with Gasteiger partial charge in [-0.3, -0.25) is 0 Å². The van der Waals surface area contributed by atoms with E-state index in [4.69, 9.17) is 14.6 Å². The second kappa shape index (κ2) is 7.73. The van der Waals surface area contributed by atoms with E-state index in [0.717, 1.165) is 26.1 Å². The number of carbonyl (C=O) groups is 1. The number of hydrogen-bond donors (Lipinski definition) is 1. The second-order valence-electron chi connectivity index (χ2n) is 5.79. The van der Waals surface area contributed by atoms with Gasteiger partial charge in [0.15, 0.2) is 5.82 Å². The number of nitriles is 1. The van der Waals surface area contributed by atoms with Crippen LogP contribution in [0.3, 0.4) is 0 Å². The lowest BCUT2D eigenvalue weighted by molar-refractivity contribution is 0.0497. The van der Waals surface area contributed by atoms with Crippen LogP contribution in [0.15, 0.2) is 30.6 Å². The van der Waals surface area contributed by atoms with E-state index in [1.54, 1.807) is 18.2 Å². The lowest BCUT2D eigenvalue weighted by Crippen LogP contribution is -2.21. The monoisotopic (exact) mass is 339 g/mol. The fourth-order valence-corrected chi connectivity index (χ4v) is 2.59. The molecule has 0 saturated carbocycles. The summed E-state index contributed by atoms with van der Waals surface area (Å²) in [5.41, 5.74) is 1.04. The summed E-state index contributed by atoms with van der Waals surface area (Å²) in [5.74, 6) is 0.241. The number of carboxylic acid groups (broad SMARTS) is 1. The highest BCUT2D eigenvalue weighted by molar-refractivity contribution is 5.86. The van der Waals surface area contributed by atoms with Crippen LogP contribution in [-0.2, 0) is 4.74 Å². The van der Waals surface area contributed by atoms with Crippen molar-refractivity contribution in [3.63, 3.8) is 0 Å². The van der Waals surface area contributed by atoms with Crippen molar-refractivity contribution in [2.45, 2.75) is 12.8 Å². The predicted molar refractivity (Wildman–Crippen MR) is 88.2 cm³/mol. The summed E-state index contributed by atoms with van der Waals surface area (Å²) in [6, 6.07) is 7.26. The van der Waals surface area contributed by atoms with Crippen LogP contribution >= 0.6 is 0 Å². The van der Waals surface area contributed by atoms with Gasteiger partial charge in [-0.25, -0.2) is 14.8 Å². The number of aromatic carboxylic acids is 1. The van der Waals surface area contributed by atoms with Crippen LogP contribution in [0, 0.1) is 17.2 Å². The number of hydrogen-bond acceptors (Lipinski definition) is 6. The van der Waals surface area contributed by atoms with Gasteiger partial charge in [0.2, 0.25) is 0 Å². The van der Waals surface area contributed by atoms with Gasteiger partial charge in [0.05, 0.1) is 17.7 Å². The molecule has 0 spiro atoms. The van der Waals surface area contributed by atoms with Crippen molar-refractivity contribution in [1.29, 1.82) is 5.26 Å². The average molecular weight is 339 g/mol. The molecule has 1 saturated heterocycles. The van der Waals surface area contributed by atoms with Crippen molar-refractivity contribution < 1.29 is 19.4 Å². The highest BCUT2D eigenvalue weighted by Crippen LogP contribution is 2.26. The summed E-state index contributed by atoms with van der Waals surface area (Å²) < 4.78 is 11.1. The summed E-state index contributed by atoms with van der Waals surface area (Å²) in [6.07, 6.45) is 4.41. The van der Waals surface area contributed by atoms with E-state index in [2.05, 4.69) is 16.0 Å². The van der Waals surface area contributed by atoms with Crippen LogP contribution < -0.4 is 4.74 Å². The minimum Gasteiger partial charge on any atom is -0.492 e. The van der Waals surface area contributed by atoms with Gasteiger partial charge in [0, 0.05) is 31.2 Å². The zero-order valence-electron chi connectivity index (χ0n) is 13.5. The molecule has 0 unspecified atom stereocenters. The van der Waals surface area contributed by atoms with Gasteiger partial charge in [-0.05, 0) is 37.0 Å². The minimum absolute atomic E-state index is 0.0145. The molecule has 3 rings (SSSR count). The van der Waals surface area contributed by atoms with Crippen molar-refractivity contribution in [3.8, 4) is 23.2 Å². The van der Waals surface area contributed by atoms with Crippen molar-refractivity contribution in [1.82, 2.24) is 9.97 Å². The average Bonchev–Trinajstić information content (AvgIpc) is 2.67. The third kappa shape index (κ3) is 4.11. The molecule has 1 N–H and O–H groups in total. The molecule has 1 aromatic heterocycles. The maximum Gasteiger partial charge on any atom is 0.338 e. The number of benzene rings is 1. The molecular weight excluding hydrogens is 322 g/mol.